The van der Waals surface area contributed by atoms with Gasteiger partial charge in [0.2, 0.25) is 0 Å². The molecule has 0 fully saturated rings. The Labute approximate surface area is 158 Å². The van der Waals surface area contributed by atoms with Crippen molar-refractivity contribution in [3.63, 3.8) is 0 Å². The number of hydrogen-bond acceptors (Lipinski definition) is 4. The lowest BCUT2D eigenvalue weighted by atomic mass is 10.0. The van der Waals surface area contributed by atoms with Crippen LogP contribution in [0.15, 0.2) is 47.2 Å². The molecule has 5 heteroatoms. The maximum atomic E-state index is 6.31. The van der Waals surface area contributed by atoms with Crippen LogP contribution in [0.2, 0.25) is 0 Å². The van der Waals surface area contributed by atoms with E-state index in [0.29, 0.717) is 11.6 Å². The number of nitrogen functional groups attached to an aromatic ring is 1. The first-order chi connectivity index (χ1) is 12.9. The summed E-state index contributed by atoms with van der Waals surface area (Å²) in [5.41, 5.74) is 14.3. The summed E-state index contributed by atoms with van der Waals surface area (Å²) in [6.07, 6.45) is 1.86. The van der Waals surface area contributed by atoms with Crippen molar-refractivity contribution in [3.05, 3.63) is 65.3 Å². The summed E-state index contributed by atoms with van der Waals surface area (Å²) in [6.45, 7) is 9.04. The highest BCUT2D eigenvalue weighted by molar-refractivity contribution is 5.92. The van der Waals surface area contributed by atoms with Crippen molar-refractivity contribution in [2.24, 2.45) is 0 Å². The van der Waals surface area contributed by atoms with Crippen LogP contribution in [0.5, 0.6) is 0 Å². The lowest BCUT2D eigenvalue weighted by Crippen LogP contribution is -2.00. The highest BCUT2D eigenvalue weighted by Gasteiger charge is 2.15. The van der Waals surface area contributed by atoms with E-state index in [9.17, 15) is 0 Å². The first-order valence-corrected chi connectivity index (χ1v) is 9.20. The number of aromatic nitrogens is 3. The summed E-state index contributed by atoms with van der Waals surface area (Å²) in [7, 11) is 0. The predicted octanol–water partition coefficient (Wildman–Crippen LogP) is 5.06. The molecule has 4 rings (SSSR count). The molecular formula is C22H24N4O. The minimum atomic E-state index is 0.506. The van der Waals surface area contributed by atoms with Gasteiger partial charge in [0.05, 0.1) is 23.2 Å². The Bertz CT molecular complexity index is 1100. The Kier molecular flexibility index (Phi) is 4.22. The number of fused-ring (bicyclic) bond motifs is 1. The van der Waals surface area contributed by atoms with Gasteiger partial charge in [-0.15, -0.1) is 0 Å². The molecule has 0 aliphatic heterocycles. The van der Waals surface area contributed by atoms with Crippen molar-refractivity contribution < 1.29 is 4.52 Å². The normalized spacial score (nSPS) is 11.6. The molecule has 0 amide bonds. The number of anilines is 1. The van der Waals surface area contributed by atoms with E-state index in [4.69, 9.17) is 10.3 Å². The first-order valence-electron chi connectivity index (χ1n) is 9.20. The molecule has 0 aliphatic carbocycles. The van der Waals surface area contributed by atoms with Gasteiger partial charge in [-0.3, -0.25) is 0 Å². The number of rotatable bonds is 4. The number of nitrogens with zero attached hydrogens (tertiary/aromatic N) is 3. The van der Waals surface area contributed by atoms with Crippen LogP contribution >= 0.6 is 0 Å². The van der Waals surface area contributed by atoms with Gasteiger partial charge in [0, 0.05) is 12.1 Å². The van der Waals surface area contributed by atoms with Crippen LogP contribution in [-0.2, 0) is 6.54 Å². The third-order valence-electron chi connectivity index (χ3n) is 5.05. The molecule has 27 heavy (non-hydrogen) atoms. The van der Waals surface area contributed by atoms with Gasteiger partial charge >= 0.3 is 0 Å². The SMILES string of the molecule is Cc1noc(C)c1-c1cc(N)c2ncn(Cc3cccc(C(C)C)c3)c2c1. The van der Waals surface area contributed by atoms with Crippen molar-refractivity contribution in [2.45, 2.75) is 40.2 Å². The molecule has 0 saturated carbocycles. The van der Waals surface area contributed by atoms with Gasteiger partial charge in [0.1, 0.15) is 11.3 Å². The molecule has 5 nitrogen and oxygen atoms in total. The van der Waals surface area contributed by atoms with Crippen LogP contribution in [0.1, 0.15) is 42.3 Å². The van der Waals surface area contributed by atoms with E-state index in [2.05, 4.69) is 58.9 Å². The monoisotopic (exact) mass is 360 g/mol. The summed E-state index contributed by atoms with van der Waals surface area (Å²) in [6, 6.07) is 12.8. The lowest BCUT2D eigenvalue weighted by Gasteiger charge is -2.10. The van der Waals surface area contributed by atoms with Gasteiger partial charge in [-0.25, -0.2) is 4.98 Å². The Hall–Kier alpha value is -3.08. The van der Waals surface area contributed by atoms with Crippen molar-refractivity contribution in [3.8, 4) is 11.1 Å². The zero-order chi connectivity index (χ0) is 19.1. The zero-order valence-corrected chi connectivity index (χ0v) is 16.2. The molecule has 2 N–H and O–H groups in total. The summed E-state index contributed by atoms with van der Waals surface area (Å²) in [5, 5.41) is 4.07. The van der Waals surface area contributed by atoms with Crippen molar-refractivity contribution in [2.75, 3.05) is 5.73 Å². The van der Waals surface area contributed by atoms with Crippen LogP contribution in [0.4, 0.5) is 5.69 Å². The summed E-state index contributed by atoms with van der Waals surface area (Å²) >= 11 is 0. The molecule has 0 unspecified atom stereocenters. The Morgan fingerprint density at radius 1 is 1.15 bits per heavy atom. The lowest BCUT2D eigenvalue weighted by molar-refractivity contribution is 0.393. The van der Waals surface area contributed by atoms with E-state index in [1.54, 1.807) is 0 Å². The predicted molar refractivity (Wildman–Crippen MR) is 109 cm³/mol. The second-order valence-electron chi connectivity index (χ2n) is 7.40. The molecule has 2 aromatic heterocycles. The van der Waals surface area contributed by atoms with Crippen LogP contribution in [0, 0.1) is 13.8 Å². The van der Waals surface area contributed by atoms with E-state index in [-0.39, 0.29) is 0 Å². The molecule has 0 saturated heterocycles. The van der Waals surface area contributed by atoms with E-state index >= 15 is 0 Å². The Balaban J connectivity index is 1.80. The van der Waals surface area contributed by atoms with E-state index in [0.717, 1.165) is 40.2 Å². The average molecular weight is 360 g/mol. The molecular weight excluding hydrogens is 336 g/mol. The smallest absolute Gasteiger partial charge is 0.141 e. The van der Waals surface area contributed by atoms with Crippen LogP contribution in [0.25, 0.3) is 22.2 Å². The summed E-state index contributed by atoms with van der Waals surface area (Å²) < 4.78 is 7.48. The minimum absolute atomic E-state index is 0.506. The van der Waals surface area contributed by atoms with E-state index in [1.807, 2.05) is 26.2 Å². The fraction of sp³-hybridized carbons (Fsp3) is 0.273. The Morgan fingerprint density at radius 3 is 2.67 bits per heavy atom. The third kappa shape index (κ3) is 3.10. The molecule has 4 aromatic rings. The first kappa shape index (κ1) is 17.3. The second kappa shape index (κ2) is 6.58. The molecule has 0 radical (unpaired) electrons. The molecule has 0 atom stereocenters. The van der Waals surface area contributed by atoms with Crippen LogP contribution in [0.3, 0.4) is 0 Å². The fourth-order valence-corrected chi connectivity index (χ4v) is 3.60. The van der Waals surface area contributed by atoms with Crippen molar-refractivity contribution in [1.29, 1.82) is 0 Å². The van der Waals surface area contributed by atoms with Gasteiger partial charge in [-0.2, -0.15) is 0 Å². The highest BCUT2D eigenvalue weighted by Crippen LogP contribution is 2.32. The van der Waals surface area contributed by atoms with Crippen LogP contribution in [-0.4, -0.2) is 14.7 Å². The van der Waals surface area contributed by atoms with E-state index in [1.165, 1.54) is 11.1 Å². The zero-order valence-electron chi connectivity index (χ0n) is 16.2. The topological polar surface area (TPSA) is 69.9 Å². The van der Waals surface area contributed by atoms with Gasteiger partial charge in [0.15, 0.2) is 0 Å². The van der Waals surface area contributed by atoms with Gasteiger partial charge in [0.25, 0.3) is 0 Å². The number of benzene rings is 2. The quantitative estimate of drug-likeness (QED) is 0.516. The summed E-state index contributed by atoms with van der Waals surface area (Å²) in [5.74, 6) is 1.30. The maximum Gasteiger partial charge on any atom is 0.141 e. The van der Waals surface area contributed by atoms with Crippen molar-refractivity contribution >= 4 is 16.7 Å². The molecule has 2 aromatic carbocycles. The molecule has 138 valence electrons. The largest absolute Gasteiger partial charge is 0.397 e. The number of imidazole rings is 1. The number of nitrogens with two attached hydrogens (primary N) is 1. The van der Waals surface area contributed by atoms with Gasteiger partial charge in [-0.1, -0.05) is 43.3 Å². The molecule has 2 heterocycles. The molecule has 0 spiro atoms. The summed E-state index contributed by atoms with van der Waals surface area (Å²) in [4.78, 5) is 4.54. The standard InChI is InChI=1S/C22H24N4O/c1-13(2)17-7-5-6-16(8-17)11-26-12-24-22-19(23)9-18(10-20(22)26)21-14(3)25-27-15(21)4/h5-10,12-13H,11,23H2,1-4H3. The number of hydrogen-bond donors (Lipinski definition) is 1. The van der Waals surface area contributed by atoms with Crippen LogP contribution < -0.4 is 5.73 Å². The van der Waals surface area contributed by atoms with E-state index < -0.39 is 0 Å². The number of aryl methyl sites for hydroxylation is 2. The highest BCUT2D eigenvalue weighted by atomic mass is 16.5. The Morgan fingerprint density at radius 2 is 1.96 bits per heavy atom. The third-order valence-corrected chi connectivity index (χ3v) is 5.05. The fourth-order valence-electron chi connectivity index (χ4n) is 3.60. The van der Waals surface area contributed by atoms with Gasteiger partial charge < -0.3 is 14.8 Å². The molecule has 0 bridgehead atoms. The molecule has 0 aliphatic rings. The van der Waals surface area contributed by atoms with Gasteiger partial charge in [-0.05, 0) is 48.6 Å². The van der Waals surface area contributed by atoms with Crippen molar-refractivity contribution in [1.82, 2.24) is 14.7 Å². The second-order valence-corrected chi connectivity index (χ2v) is 7.40. The minimum Gasteiger partial charge on any atom is -0.397 e. The maximum absolute atomic E-state index is 6.31. The average Bonchev–Trinajstić information content (AvgIpc) is 3.19.